The van der Waals surface area contributed by atoms with E-state index in [1.165, 1.54) is 24.8 Å². The molecule has 0 heterocycles. The van der Waals surface area contributed by atoms with Crippen molar-refractivity contribution in [2.75, 3.05) is 0 Å². The molecule has 1 aromatic carbocycles. The minimum atomic E-state index is 0.282. The first-order valence-electron chi connectivity index (χ1n) is 5.49. The maximum absolute atomic E-state index is 5.56. The van der Waals surface area contributed by atoms with Crippen LogP contribution in [-0.4, -0.2) is 0 Å². The van der Waals surface area contributed by atoms with Crippen LogP contribution in [0.1, 0.15) is 44.2 Å². The molecule has 0 fully saturated rings. The summed E-state index contributed by atoms with van der Waals surface area (Å²) in [6.45, 7) is 2.21. The molecule has 0 aliphatic heterocycles. The Morgan fingerprint density at radius 2 is 1.93 bits per heavy atom. The van der Waals surface area contributed by atoms with Crippen LogP contribution in [0.15, 0.2) is 28.7 Å². The Balaban J connectivity index is 2.53. The number of hydrazine groups is 1. The van der Waals surface area contributed by atoms with Gasteiger partial charge in [-0.1, -0.05) is 54.2 Å². The Bertz CT molecular complexity index is 271. The molecule has 1 unspecified atom stereocenters. The van der Waals surface area contributed by atoms with Gasteiger partial charge in [0.05, 0.1) is 0 Å². The quantitative estimate of drug-likeness (QED) is 0.472. The first-order chi connectivity index (χ1) is 7.27. The third-order valence-corrected chi connectivity index (χ3v) is 3.10. The van der Waals surface area contributed by atoms with E-state index in [0.29, 0.717) is 0 Å². The van der Waals surface area contributed by atoms with Crippen LogP contribution >= 0.6 is 15.9 Å². The Morgan fingerprint density at radius 3 is 2.47 bits per heavy atom. The lowest BCUT2D eigenvalue weighted by Crippen LogP contribution is -2.27. The molecule has 0 spiro atoms. The molecule has 0 radical (unpaired) electrons. The van der Waals surface area contributed by atoms with E-state index >= 15 is 0 Å². The van der Waals surface area contributed by atoms with E-state index in [2.05, 4.69) is 52.5 Å². The maximum Gasteiger partial charge on any atom is 0.0460 e. The lowest BCUT2D eigenvalue weighted by Gasteiger charge is -2.16. The van der Waals surface area contributed by atoms with Crippen molar-refractivity contribution in [3.63, 3.8) is 0 Å². The molecule has 3 N–H and O–H groups in total. The molecule has 1 rings (SSSR count). The normalized spacial score (nSPS) is 12.7. The van der Waals surface area contributed by atoms with Crippen molar-refractivity contribution in [3.8, 4) is 0 Å². The van der Waals surface area contributed by atoms with Gasteiger partial charge in [-0.25, -0.2) is 0 Å². The highest BCUT2D eigenvalue weighted by Crippen LogP contribution is 2.21. The number of halogens is 1. The molecule has 0 aliphatic carbocycles. The van der Waals surface area contributed by atoms with E-state index in [-0.39, 0.29) is 6.04 Å². The lowest BCUT2D eigenvalue weighted by atomic mass is 10.0. The minimum absolute atomic E-state index is 0.282. The van der Waals surface area contributed by atoms with Crippen molar-refractivity contribution >= 4 is 15.9 Å². The molecule has 15 heavy (non-hydrogen) atoms. The van der Waals surface area contributed by atoms with Crippen LogP contribution in [0.4, 0.5) is 0 Å². The molecule has 1 aromatic rings. The number of nitrogens with one attached hydrogen (secondary N) is 1. The average Bonchev–Trinajstić information content (AvgIpc) is 2.26. The summed E-state index contributed by atoms with van der Waals surface area (Å²) in [5.74, 6) is 5.56. The molecule has 0 amide bonds. The summed E-state index contributed by atoms with van der Waals surface area (Å²) >= 11 is 3.43. The lowest BCUT2D eigenvalue weighted by molar-refractivity contribution is 0.487. The SMILES string of the molecule is CCCCCC(NN)c1ccc(Br)cc1. The number of nitrogens with two attached hydrogens (primary N) is 1. The molecule has 0 aliphatic rings. The third-order valence-electron chi connectivity index (χ3n) is 2.57. The van der Waals surface area contributed by atoms with Crippen molar-refractivity contribution in [2.24, 2.45) is 5.84 Å². The van der Waals surface area contributed by atoms with Gasteiger partial charge >= 0.3 is 0 Å². The van der Waals surface area contributed by atoms with Crippen LogP contribution in [0, 0.1) is 0 Å². The van der Waals surface area contributed by atoms with E-state index in [0.717, 1.165) is 10.9 Å². The molecule has 0 saturated carbocycles. The minimum Gasteiger partial charge on any atom is -0.271 e. The van der Waals surface area contributed by atoms with Gasteiger partial charge in [0.1, 0.15) is 0 Å². The Morgan fingerprint density at radius 1 is 1.27 bits per heavy atom. The number of benzene rings is 1. The highest BCUT2D eigenvalue weighted by Gasteiger charge is 2.08. The van der Waals surface area contributed by atoms with Crippen LogP contribution < -0.4 is 11.3 Å². The molecule has 2 nitrogen and oxygen atoms in total. The summed E-state index contributed by atoms with van der Waals surface area (Å²) in [4.78, 5) is 0. The van der Waals surface area contributed by atoms with Gasteiger partial charge in [-0.3, -0.25) is 11.3 Å². The number of unbranched alkanes of at least 4 members (excludes halogenated alkanes) is 2. The monoisotopic (exact) mass is 270 g/mol. The van der Waals surface area contributed by atoms with Gasteiger partial charge in [0, 0.05) is 10.5 Å². The zero-order valence-electron chi connectivity index (χ0n) is 9.17. The molecular formula is C12H19BrN2. The van der Waals surface area contributed by atoms with Gasteiger partial charge in [-0.05, 0) is 24.1 Å². The van der Waals surface area contributed by atoms with E-state index in [9.17, 15) is 0 Å². The standard InChI is InChI=1S/C12H19BrN2/c1-2-3-4-5-12(15-14)10-6-8-11(13)9-7-10/h6-9,12,15H,2-5,14H2,1H3. The van der Waals surface area contributed by atoms with Gasteiger partial charge in [0.25, 0.3) is 0 Å². The number of hydrogen-bond acceptors (Lipinski definition) is 2. The van der Waals surface area contributed by atoms with E-state index in [4.69, 9.17) is 5.84 Å². The summed E-state index contributed by atoms with van der Waals surface area (Å²) < 4.78 is 1.11. The van der Waals surface area contributed by atoms with Gasteiger partial charge in [0.2, 0.25) is 0 Å². The molecule has 84 valence electrons. The van der Waals surface area contributed by atoms with Crippen molar-refractivity contribution in [1.82, 2.24) is 5.43 Å². The fraction of sp³-hybridized carbons (Fsp3) is 0.500. The summed E-state index contributed by atoms with van der Waals surface area (Å²) in [5, 5.41) is 0. The smallest absolute Gasteiger partial charge is 0.0460 e. The fourth-order valence-electron chi connectivity index (χ4n) is 1.64. The summed E-state index contributed by atoms with van der Waals surface area (Å²) in [6, 6.07) is 8.62. The highest BCUT2D eigenvalue weighted by atomic mass is 79.9. The molecule has 0 aromatic heterocycles. The Labute approximate surface area is 100 Å². The zero-order chi connectivity index (χ0) is 11.1. The zero-order valence-corrected chi connectivity index (χ0v) is 10.8. The summed E-state index contributed by atoms with van der Waals surface area (Å²) in [5.41, 5.74) is 4.14. The van der Waals surface area contributed by atoms with Crippen LogP contribution in [0.2, 0.25) is 0 Å². The largest absolute Gasteiger partial charge is 0.271 e. The van der Waals surface area contributed by atoms with Crippen molar-refractivity contribution < 1.29 is 0 Å². The van der Waals surface area contributed by atoms with Crippen LogP contribution in [0.5, 0.6) is 0 Å². The van der Waals surface area contributed by atoms with E-state index < -0.39 is 0 Å². The fourth-order valence-corrected chi connectivity index (χ4v) is 1.90. The predicted molar refractivity (Wildman–Crippen MR) is 68.3 cm³/mol. The summed E-state index contributed by atoms with van der Waals surface area (Å²) in [6.07, 6.45) is 4.85. The second kappa shape index (κ2) is 6.99. The molecule has 1 atom stereocenters. The van der Waals surface area contributed by atoms with Gasteiger partial charge in [-0.2, -0.15) is 0 Å². The third kappa shape index (κ3) is 4.33. The van der Waals surface area contributed by atoms with Gasteiger partial charge in [0.15, 0.2) is 0 Å². The first-order valence-corrected chi connectivity index (χ1v) is 6.28. The van der Waals surface area contributed by atoms with E-state index in [1.807, 2.05) is 0 Å². The van der Waals surface area contributed by atoms with Crippen molar-refractivity contribution in [3.05, 3.63) is 34.3 Å². The molecule has 0 saturated heterocycles. The van der Waals surface area contributed by atoms with Crippen LogP contribution in [-0.2, 0) is 0 Å². The Hall–Kier alpha value is -0.380. The Kier molecular flexibility index (Phi) is 5.91. The van der Waals surface area contributed by atoms with Crippen molar-refractivity contribution in [1.29, 1.82) is 0 Å². The molecule has 3 heteroatoms. The highest BCUT2D eigenvalue weighted by molar-refractivity contribution is 9.10. The summed E-state index contributed by atoms with van der Waals surface area (Å²) in [7, 11) is 0. The first kappa shape index (κ1) is 12.7. The number of rotatable bonds is 6. The maximum atomic E-state index is 5.56. The van der Waals surface area contributed by atoms with E-state index in [1.54, 1.807) is 0 Å². The molecule has 0 bridgehead atoms. The average molecular weight is 271 g/mol. The van der Waals surface area contributed by atoms with Gasteiger partial charge in [-0.15, -0.1) is 0 Å². The second-order valence-corrected chi connectivity index (χ2v) is 4.68. The topological polar surface area (TPSA) is 38.0 Å². The predicted octanol–water partition coefficient (Wildman–Crippen LogP) is 3.53. The molecular weight excluding hydrogens is 252 g/mol. The number of hydrogen-bond donors (Lipinski definition) is 2. The van der Waals surface area contributed by atoms with Gasteiger partial charge < -0.3 is 0 Å². The van der Waals surface area contributed by atoms with Crippen LogP contribution in [0.25, 0.3) is 0 Å². The second-order valence-electron chi connectivity index (χ2n) is 3.77. The van der Waals surface area contributed by atoms with Crippen molar-refractivity contribution in [2.45, 2.75) is 38.6 Å². The van der Waals surface area contributed by atoms with Crippen LogP contribution in [0.3, 0.4) is 0 Å².